The predicted molar refractivity (Wildman–Crippen MR) is 51.4 cm³/mol. The highest BCUT2D eigenvalue weighted by Gasteiger charge is 2.27. The van der Waals surface area contributed by atoms with Gasteiger partial charge in [0, 0.05) is 0 Å². The largest absolute Gasteiger partial charge is 0.413 e. The molecule has 0 amide bonds. The van der Waals surface area contributed by atoms with E-state index in [1.54, 1.807) is 0 Å². The maximum Gasteiger partial charge on any atom is 0.413 e. The van der Waals surface area contributed by atoms with Gasteiger partial charge in [0.1, 0.15) is 5.82 Å². The first-order valence-electron chi connectivity index (χ1n) is 4.73. The number of hydrogen-bond donors (Lipinski definition) is 2. The Labute approximate surface area is 95.0 Å². The van der Waals surface area contributed by atoms with E-state index in [9.17, 15) is 22.7 Å². The first kappa shape index (κ1) is 13.9. The summed E-state index contributed by atoms with van der Waals surface area (Å²) in [6.07, 6.45) is -5.57. The number of hydroxylamine groups is 1. The van der Waals surface area contributed by atoms with Crippen molar-refractivity contribution in [1.82, 2.24) is 5.48 Å². The van der Waals surface area contributed by atoms with Gasteiger partial charge in [-0.15, -0.1) is 0 Å². The van der Waals surface area contributed by atoms with Gasteiger partial charge in [0.15, 0.2) is 6.61 Å². The SMILES string of the molecule is OC(CNOCC(F)(F)F)c1cccc(F)c1. The fourth-order valence-corrected chi connectivity index (χ4v) is 1.10. The molecule has 0 saturated heterocycles. The monoisotopic (exact) mass is 253 g/mol. The Morgan fingerprint density at radius 1 is 1.35 bits per heavy atom. The topological polar surface area (TPSA) is 41.5 Å². The maximum absolute atomic E-state index is 12.8. The minimum absolute atomic E-state index is 0.258. The molecule has 96 valence electrons. The molecule has 1 rings (SSSR count). The van der Waals surface area contributed by atoms with Gasteiger partial charge in [-0.1, -0.05) is 12.1 Å². The van der Waals surface area contributed by atoms with Crippen LogP contribution in [0.25, 0.3) is 0 Å². The van der Waals surface area contributed by atoms with E-state index in [0.717, 1.165) is 6.07 Å². The van der Waals surface area contributed by atoms with E-state index < -0.39 is 24.7 Å². The standard InChI is InChI=1S/C10H11F4NO2/c11-8-3-1-2-7(4-8)9(16)5-15-17-6-10(12,13)14/h1-4,9,15-16H,5-6H2. The highest BCUT2D eigenvalue weighted by Crippen LogP contribution is 2.15. The van der Waals surface area contributed by atoms with Gasteiger partial charge in [-0.25, -0.2) is 4.39 Å². The Balaban J connectivity index is 2.33. The van der Waals surface area contributed by atoms with Gasteiger partial charge < -0.3 is 5.11 Å². The van der Waals surface area contributed by atoms with Crippen molar-refractivity contribution in [3.05, 3.63) is 35.6 Å². The van der Waals surface area contributed by atoms with E-state index >= 15 is 0 Å². The van der Waals surface area contributed by atoms with E-state index in [0.29, 0.717) is 0 Å². The molecule has 0 saturated carbocycles. The van der Waals surface area contributed by atoms with Crippen LogP contribution in [-0.2, 0) is 4.84 Å². The van der Waals surface area contributed by atoms with Gasteiger partial charge >= 0.3 is 6.18 Å². The lowest BCUT2D eigenvalue weighted by Gasteiger charge is -2.13. The minimum atomic E-state index is -4.43. The average molecular weight is 253 g/mol. The van der Waals surface area contributed by atoms with Crippen molar-refractivity contribution in [1.29, 1.82) is 0 Å². The molecule has 0 aromatic heterocycles. The van der Waals surface area contributed by atoms with E-state index in [2.05, 4.69) is 4.84 Å². The molecule has 0 heterocycles. The second kappa shape index (κ2) is 5.95. The molecule has 0 aliphatic rings. The van der Waals surface area contributed by atoms with Crippen LogP contribution >= 0.6 is 0 Å². The second-order valence-corrected chi connectivity index (χ2v) is 3.32. The molecule has 0 radical (unpaired) electrons. The van der Waals surface area contributed by atoms with E-state index in [4.69, 9.17) is 0 Å². The molecule has 1 aromatic rings. The third kappa shape index (κ3) is 5.62. The summed E-state index contributed by atoms with van der Waals surface area (Å²) >= 11 is 0. The molecule has 1 unspecified atom stereocenters. The van der Waals surface area contributed by atoms with Crippen LogP contribution in [-0.4, -0.2) is 24.4 Å². The molecule has 17 heavy (non-hydrogen) atoms. The van der Waals surface area contributed by atoms with Crippen molar-refractivity contribution in [2.24, 2.45) is 0 Å². The van der Waals surface area contributed by atoms with Crippen molar-refractivity contribution in [2.45, 2.75) is 12.3 Å². The fraction of sp³-hybridized carbons (Fsp3) is 0.400. The number of benzene rings is 1. The number of hydrogen-bond acceptors (Lipinski definition) is 3. The van der Waals surface area contributed by atoms with Crippen LogP contribution in [0.4, 0.5) is 17.6 Å². The smallest absolute Gasteiger partial charge is 0.387 e. The molecule has 1 atom stereocenters. The quantitative estimate of drug-likeness (QED) is 0.478. The van der Waals surface area contributed by atoms with Crippen LogP contribution in [0.5, 0.6) is 0 Å². The first-order valence-corrected chi connectivity index (χ1v) is 4.73. The number of rotatable bonds is 5. The zero-order chi connectivity index (χ0) is 12.9. The number of alkyl halides is 3. The average Bonchev–Trinajstić information content (AvgIpc) is 2.23. The summed E-state index contributed by atoms with van der Waals surface area (Å²) in [4.78, 5) is 4.09. The Morgan fingerprint density at radius 2 is 2.06 bits per heavy atom. The van der Waals surface area contributed by atoms with Crippen molar-refractivity contribution >= 4 is 0 Å². The predicted octanol–water partition coefficient (Wildman–Crippen LogP) is 1.94. The first-order chi connectivity index (χ1) is 7.88. The maximum atomic E-state index is 12.8. The van der Waals surface area contributed by atoms with Crippen LogP contribution < -0.4 is 5.48 Å². The Bertz CT molecular complexity index is 356. The van der Waals surface area contributed by atoms with Gasteiger partial charge in [0.2, 0.25) is 0 Å². The van der Waals surface area contributed by atoms with Crippen molar-refractivity contribution in [2.75, 3.05) is 13.2 Å². The molecule has 0 aliphatic heterocycles. The lowest BCUT2D eigenvalue weighted by atomic mass is 10.1. The molecule has 0 aliphatic carbocycles. The Hall–Kier alpha value is -1.18. The molecule has 1 aromatic carbocycles. The highest BCUT2D eigenvalue weighted by atomic mass is 19.4. The molecule has 0 bridgehead atoms. The molecule has 7 heteroatoms. The molecule has 0 fully saturated rings. The molecular weight excluding hydrogens is 242 g/mol. The molecular formula is C10H11F4NO2. The third-order valence-electron chi connectivity index (χ3n) is 1.85. The third-order valence-corrected chi connectivity index (χ3v) is 1.85. The lowest BCUT2D eigenvalue weighted by molar-refractivity contribution is -0.191. The highest BCUT2D eigenvalue weighted by molar-refractivity contribution is 5.18. The normalized spacial score (nSPS) is 13.7. The number of aliphatic hydroxyl groups excluding tert-OH is 1. The van der Waals surface area contributed by atoms with Gasteiger partial charge in [-0.05, 0) is 17.7 Å². The fourth-order valence-electron chi connectivity index (χ4n) is 1.10. The Morgan fingerprint density at radius 3 is 2.65 bits per heavy atom. The number of aliphatic hydroxyl groups is 1. The van der Waals surface area contributed by atoms with E-state index in [1.165, 1.54) is 18.2 Å². The summed E-state index contributed by atoms with van der Waals surface area (Å²) in [5.41, 5.74) is 2.22. The molecule has 3 nitrogen and oxygen atoms in total. The zero-order valence-electron chi connectivity index (χ0n) is 8.67. The van der Waals surface area contributed by atoms with Crippen LogP contribution in [0.3, 0.4) is 0 Å². The number of nitrogens with one attached hydrogen (secondary N) is 1. The lowest BCUT2D eigenvalue weighted by Crippen LogP contribution is -2.28. The van der Waals surface area contributed by atoms with Crippen LogP contribution in [0.1, 0.15) is 11.7 Å². The molecule has 0 spiro atoms. The van der Waals surface area contributed by atoms with Crippen molar-refractivity contribution in [3.8, 4) is 0 Å². The van der Waals surface area contributed by atoms with Crippen LogP contribution in [0.2, 0.25) is 0 Å². The minimum Gasteiger partial charge on any atom is -0.387 e. The summed E-state index contributed by atoms with van der Waals surface area (Å²) in [6, 6.07) is 5.14. The van der Waals surface area contributed by atoms with Gasteiger partial charge in [-0.2, -0.15) is 18.7 Å². The summed E-state index contributed by atoms with van der Waals surface area (Å²) in [5.74, 6) is -0.530. The van der Waals surface area contributed by atoms with Crippen molar-refractivity contribution in [3.63, 3.8) is 0 Å². The van der Waals surface area contributed by atoms with Crippen LogP contribution in [0, 0.1) is 5.82 Å². The van der Waals surface area contributed by atoms with Crippen molar-refractivity contribution < 1.29 is 27.5 Å². The summed E-state index contributed by atoms with van der Waals surface area (Å²) in [6.45, 7) is -1.72. The van der Waals surface area contributed by atoms with E-state index in [1.807, 2.05) is 5.48 Å². The van der Waals surface area contributed by atoms with Crippen LogP contribution in [0.15, 0.2) is 24.3 Å². The molecule has 2 N–H and O–H groups in total. The van der Waals surface area contributed by atoms with Gasteiger partial charge in [0.05, 0.1) is 12.6 Å². The van der Waals surface area contributed by atoms with E-state index in [-0.39, 0.29) is 12.1 Å². The summed E-state index contributed by atoms with van der Waals surface area (Å²) < 4.78 is 47.8. The van der Waals surface area contributed by atoms with Gasteiger partial charge in [-0.3, -0.25) is 4.84 Å². The van der Waals surface area contributed by atoms with Gasteiger partial charge in [0.25, 0.3) is 0 Å². The Kier molecular flexibility index (Phi) is 4.86. The zero-order valence-corrected chi connectivity index (χ0v) is 8.67. The number of halogens is 4. The summed E-state index contributed by atoms with van der Waals surface area (Å²) in [7, 11) is 0. The second-order valence-electron chi connectivity index (χ2n) is 3.32. The summed E-state index contributed by atoms with van der Waals surface area (Å²) in [5, 5.41) is 9.48.